The quantitative estimate of drug-likeness (QED) is 0.844. The van der Waals surface area contributed by atoms with Gasteiger partial charge in [-0.05, 0) is 19.1 Å². The maximum absolute atomic E-state index is 12.2. The van der Waals surface area contributed by atoms with Gasteiger partial charge in [0.25, 0.3) is 0 Å². The van der Waals surface area contributed by atoms with Crippen LogP contribution in [-0.4, -0.2) is 40.6 Å². The molecule has 0 bridgehead atoms. The molecule has 0 spiro atoms. The van der Waals surface area contributed by atoms with E-state index in [4.69, 9.17) is 16.3 Å². The predicted octanol–water partition coefficient (Wildman–Crippen LogP) is 2.52. The second-order valence-electron chi connectivity index (χ2n) is 5.43. The van der Waals surface area contributed by atoms with Crippen LogP contribution in [0.3, 0.4) is 0 Å². The predicted molar refractivity (Wildman–Crippen MR) is 87.8 cm³/mol. The highest BCUT2D eigenvalue weighted by atomic mass is 35.5. The second kappa shape index (κ2) is 6.91. The lowest BCUT2D eigenvalue weighted by atomic mass is 10.1. The third-order valence-electron chi connectivity index (χ3n) is 3.71. The molecule has 2 amide bonds. The Morgan fingerprint density at radius 2 is 2.30 bits per heavy atom. The molecule has 1 aromatic heterocycles. The number of urea groups is 1. The van der Waals surface area contributed by atoms with E-state index >= 15 is 0 Å². The highest BCUT2D eigenvalue weighted by molar-refractivity contribution is 6.32. The van der Waals surface area contributed by atoms with Crippen molar-refractivity contribution in [1.82, 2.24) is 20.2 Å². The van der Waals surface area contributed by atoms with Crippen LogP contribution < -0.4 is 10.1 Å². The number of benzene rings is 1. The minimum atomic E-state index is -0.0920. The third-order valence-corrected chi connectivity index (χ3v) is 4.02. The van der Waals surface area contributed by atoms with Gasteiger partial charge in [-0.15, -0.1) is 0 Å². The number of fused-ring (bicyclic) bond motifs is 1. The molecule has 23 heavy (non-hydrogen) atoms. The maximum atomic E-state index is 12.2. The lowest BCUT2D eigenvalue weighted by molar-refractivity contribution is 0.188. The van der Waals surface area contributed by atoms with Crippen molar-refractivity contribution in [3.8, 4) is 5.75 Å². The standard InChI is InChI=1S/C16H19ClN4O2/c1-11-19-13-6-8-21(10-14(13)20-11)16(22)18-7-9-23-15-5-3-2-4-12(15)17/h2-5H,6-10H2,1H3,(H,18,22)(H,19,20). The normalized spacial score (nSPS) is 13.6. The summed E-state index contributed by atoms with van der Waals surface area (Å²) in [4.78, 5) is 21.6. The molecule has 122 valence electrons. The number of hydrogen-bond donors (Lipinski definition) is 2. The Hall–Kier alpha value is -2.21. The largest absolute Gasteiger partial charge is 0.490 e. The van der Waals surface area contributed by atoms with Crippen LogP contribution in [0.25, 0.3) is 0 Å². The van der Waals surface area contributed by atoms with Crippen molar-refractivity contribution in [3.05, 3.63) is 46.5 Å². The number of aromatic nitrogens is 2. The highest BCUT2D eigenvalue weighted by Crippen LogP contribution is 2.22. The van der Waals surface area contributed by atoms with Gasteiger partial charge in [0, 0.05) is 13.0 Å². The fourth-order valence-electron chi connectivity index (χ4n) is 2.60. The molecule has 2 heterocycles. The van der Waals surface area contributed by atoms with Crippen molar-refractivity contribution in [2.45, 2.75) is 19.9 Å². The monoisotopic (exact) mass is 334 g/mol. The summed E-state index contributed by atoms with van der Waals surface area (Å²) in [5.74, 6) is 1.52. The fraction of sp³-hybridized carbons (Fsp3) is 0.375. The number of ether oxygens (including phenoxy) is 1. The number of rotatable bonds is 4. The Labute approximate surface area is 139 Å². The minimum absolute atomic E-state index is 0.0920. The number of halogens is 1. The molecule has 1 aliphatic heterocycles. The summed E-state index contributed by atoms with van der Waals surface area (Å²) in [5.41, 5.74) is 2.09. The van der Waals surface area contributed by atoms with Gasteiger partial charge in [0.05, 0.1) is 29.5 Å². The molecule has 1 aliphatic rings. The van der Waals surface area contributed by atoms with E-state index in [1.807, 2.05) is 19.1 Å². The Balaban J connectivity index is 1.44. The highest BCUT2D eigenvalue weighted by Gasteiger charge is 2.22. The molecule has 0 unspecified atom stereocenters. The van der Waals surface area contributed by atoms with E-state index in [-0.39, 0.29) is 6.03 Å². The van der Waals surface area contributed by atoms with E-state index in [1.54, 1.807) is 17.0 Å². The summed E-state index contributed by atoms with van der Waals surface area (Å²) in [6.45, 7) is 3.96. The smallest absolute Gasteiger partial charge is 0.317 e. The van der Waals surface area contributed by atoms with Crippen LogP contribution in [0.1, 0.15) is 17.2 Å². The molecule has 7 heteroatoms. The number of carbonyl (C=O) groups is 1. The number of carbonyl (C=O) groups excluding carboxylic acids is 1. The second-order valence-corrected chi connectivity index (χ2v) is 5.84. The third kappa shape index (κ3) is 3.76. The summed E-state index contributed by atoms with van der Waals surface area (Å²) >= 11 is 6.01. The van der Waals surface area contributed by atoms with E-state index in [0.29, 0.717) is 37.0 Å². The first-order chi connectivity index (χ1) is 11.1. The first kappa shape index (κ1) is 15.7. The molecule has 0 aliphatic carbocycles. The van der Waals surface area contributed by atoms with Crippen LogP contribution in [0.5, 0.6) is 5.75 Å². The van der Waals surface area contributed by atoms with Crippen molar-refractivity contribution >= 4 is 17.6 Å². The molecule has 0 fully saturated rings. The van der Waals surface area contributed by atoms with Crippen molar-refractivity contribution < 1.29 is 9.53 Å². The first-order valence-corrected chi connectivity index (χ1v) is 7.96. The number of hydrogen-bond acceptors (Lipinski definition) is 3. The minimum Gasteiger partial charge on any atom is -0.490 e. The summed E-state index contributed by atoms with van der Waals surface area (Å²) < 4.78 is 5.55. The molecular weight excluding hydrogens is 316 g/mol. The van der Waals surface area contributed by atoms with Crippen molar-refractivity contribution in [2.24, 2.45) is 0 Å². The molecule has 0 atom stereocenters. The Kier molecular flexibility index (Phi) is 4.71. The number of nitrogens with zero attached hydrogens (tertiary/aromatic N) is 2. The molecule has 2 N–H and O–H groups in total. The lowest BCUT2D eigenvalue weighted by Crippen LogP contribution is -2.44. The number of H-pyrrole nitrogens is 1. The van der Waals surface area contributed by atoms with E-state index in [0.717, 1.165) is 23.6 Å². The summed E-state index contributed by atoms with van der Waals surface area (Å²) in [6.07, 6.45) is 0.781. The molecular formula is C16H19ClN4O2. The van der Waals surface area contributed by atoms with E-state index in [2.05, 4.69) is 15.3 Å². The van der Waals surface area contributed by atoms with Crippen LogP contribution in [0.4, 0.5) is 4.79 Å². The fourth-order valence-corrected chi connectivity index (χ4v) is 2.79. The number of para-hydroxylation sites is 1. The summed E-state index contributed by atoms with van der Waals surface area (Å²) in [5, 5.41) is 3.43. The van der Waals surface area contributed by atoms with Gasteiger partial charge in [0.15, 0.2) is 0 Å². The summed E-state index contributed by atoms with van der Waals surface area (Å²) in [6, 6.07) is 7.19. The van der Waals surface area contributed by atoms with E-state index in [9.17, 15) is 4.79 Å². The maximum Gasteiger partial charge on any atom is 0.317 e. The van der Waals surface area contributed by atoms with Crippen LogP contribution in [0.15, 0.2) is 24.3 Å². The van der Waals surface area contributed by atoms with Crippen LogP contribution >= 0.6 is 11.6 Å². The van der Waals surface area contributed by atoms with Gasteiger partial charge in [-0.25, -0.2) is 9.78 Å². The average Bonchev–Trinajstić information content (AvgIpc) is 2.92. The number of aromatic amines is 1. The number of aryl methyl sites for hydroxylation is 1. The topological polar surface area (TPSA) is 70.2 Å². The molecule has 2 aromatic rings. The van der Waals surface area contributed by atoms with Gasteiger partial charge in [-0.2, -0.15) is 0 Å². The van der Waals surface area contributed by atoms with E-state index in [1.165, 1.54) is 0 Å². The van der Waals surface area contributed by atoms with Crippen molar-refractivity contribution in [1.29, 1.82) is 0 Å². The number of imidazole rings is 1. The Morgan fingerprint density at radius 3 is 3.13 bits per heavy atom. The van der Waals surface area contributed by atoms with Gasteiger partial charge in [0.2, 0.25) is 0 Å². The Bertz CT molecular complexity index is 701. The van der Waals surface area contributed by atoms with Crippen LogP contribution in [-0.2, 0) is 13.0 Å². The molecule has 0 saturated carbocycles. The molecule has 0 radical (unpaired) electrons. The SMILES string of the molecule is Cc1nc2c([nH]1)CN(C(=O)NCCOc1ccccc1Cl)CC2. The number of nitrogens with one attached hydrogen (secondary N) is 2. The van der Waals surface area contributed by atoms with Crippen molar-refractivity contribution in [2.75, 3.05) is 19.7 Å². The van der Waals surface area contributed by atoms with Gasteiger partial charge >= 0.3 is 6.03 Å². The molecule has 6 nitrogen and oxygen atoms in total. The average molecular weight is 335 g/mol. The Morgan fingerprint density at radius 1 is 1.48 bits per heavy atom. The lowest BCUT2D eigenvalue weighted by Gasteiger charge is -2.26. The van der Waals surface area contributed by atoms with Crippen molar-refractivity contribution in [3.63, 3.8) is 0 Å². The summed E-state index contributed by atoms with van der Waals surface area (Å²) in [7, 11) is 0. The molecule has 0 saturated heterocycles. The molecule has 3 rings (SSSR count). The van der Waals surface area contributed by atoms with E-state index < -0.39 is 0 Å². The zero-order valence-electron chi connectivity index (χ0n) is 12.9. The zero-order valence-corrected chi connectivity index (χ0v) is 13.7. The first-order valence-electron chi connectivity index (χ1n) is 7.58. The van der Waals surface area contributed by atoms with Gasteiger partial charge in [0.1, 0.15) is 18.2 Å². The van der Waals surface area contributed by atoms with Gasteiger partial charge < -0.3 is 19.9 Å². The van der Waals surface area contributed by atoms with Crippen LogP contribution in [0, 0.1) is 6.92 Å². The molecule has 1 aromatic carbocycles. The number of amides is 2. The van der Waals surface area contributed by atoms with Gasteiger partial charge in [-0.3, -0.25) is 0 Å². The van der Waals surface area contributed by atoms with Crippen LogP contribution in [0.2, 0.25) is 5.02 Å². The zero-order chi connectivity index (χ0) is 16.2. The van der Waals surface area contributed by atoms with Gasteiger partial charge in [-0.1, -0.05) is 23.7 Å².